The maximum Gasteiger partial charge on any atom is 0.224 e. The van der Waals surface area contributed by atoms with Gasteiger partial charge in [-0.2, -0.15) is 0 Å². The highest BCUT2D eigenvalue weighted by Gasteiger charge is 2.19. The van der Waals surface area contributed by atoms with Gasteiger partial charge in [0.2, 0.25) is 5.91 Å². The number of rotatable bonds is 8. The summed E-state index contributed by atoms with van der Waals surface area (Å²) in [6.45, 7) is 1.97. The molecule has 0 aliphatic carbocycles. The Bertz CT molecular complexity index is 718. The van der Waals surface area contributed by atoms with Gasteiger partial charge in [0.25, 0.3) is 0 Å². The predicted octanol–water partition coefficient (Wildman–Crippen LogP) is 2.84. The van der Waals surface area contributed by atoms with Gasteiger partial charge in [0.1, 0.15) is 18.5 Å². The quantitative estimate of drug-likeness (QED) is 0.712. The van der Waals surface area contributed by atoms with Gasteiger partial charge in [-0.1, -0.05) is 12.1 Å². The Labute approximate surface area is 153 Å². The first-order valence-electron chi connectivity index (χ1n) is 8.77. The molecular weight excluding hydrogens is 332 g/mol. The highest BCUT2D eigenvalue weighted by molar-refractivity contribution is 5.90. The molecule has 0 fully saturated rings. The van der Waals surface area contributed by atoms with E-state index < -0.39 is 0 Å². The van der Waals surface area contributed by atoms with Crippen LogP contribution in [0.4, 0.5) is 5.69 Å². The second kappa shape index (κ2) is 9.10. The van der Waals surface area contributed by atoms with Gasteiger partial charge in [0.15, 0.2) is 11.5 Å². The molecule has 2 N–H and O–H groups in total. The molecule has 0 aromatic heterocycles. The molecule has 138 valence electrons. The topological polar surface area (TPSA) is 68.8 Å². The number of fused-ring (bicyclic) bond motifs is 1. The Kier molecular flexibility index (Phi) is 6.33. The highest BCUT2D eigenvalue weighted by atomic mass is 16.6. The van der Waals surface area contributed by atoms with Crippen LogP contribution in [-0.4, -0.2) is 38.8 Å². The van der Waals surface area contributed by atoms with Crippen LogP contribution in [0.3, 0.4) is 0 Å². The molecule has 1 atom stereocenters. The number of ether oxygens (including phenoxy) is 3. The van der Waals surface area contributed by atoms with Gasteiger partial charge in [-0.05, 0) is 49.4 Å². The molecule has 1 unspecified atom stereocenters. The zero-order valence-electron chi connectivity index (χ0n) is 14.9. The highest BCUT2D eigenvalue weighted by Crippen LogP contribution is 2.30. The summed E-state index contributed by atoms with van der Waals surface area (Å²) in [5.74, 6) is 2.34. The average Bonchev–Trinajstić information content (AvgIpc) is 2.68. The van der Waals surface area contributed by atoms with Crippen LogP contribution < -0.4 is 24.8 Å². The van der Waals surface area contributed by atoms with Crippen molar-refractivity contribution in [3.63, 3.8) is 0 Å². The normalized spacial score (nSPS) is 15.3. The van der Waals surface area contributed by atoms with E-state index in [9.17, 15) is 4.79 Å². The van der Waals surface area contributed by atoms with E-state index in [0.717, 1.165) is 35.9 Å². The lowest BCUT2D eigenvalue weighted by molar-refractivity contribution is -0.116. The Hall–Kier alpha value is -2.73. The van der Waals surface area contributed by atoms with E-state index in [-0.39, 0.29) is 12.0 Å². The molecule has 6 heteroatoms. The van der Waals surface area contributed by atoms with Crippen molar-refractivity contribution >= 4 is 11.6 Å². The predicted molar refractivity (Wildman–Crippen MR) is 100 cm³/mol. The Morgan fingerprint density at radius 3 is 2.69 bits per heavy atom. The molecule has 0 bridgehead atoms. The van der Waals surface area contributed by atoms with Crippen molar-refractivity contribution in [1.29, 1.82) is 0 Å². The Morgan fingerprint density at radius 1 is 1.15 bits per heavy atom. The lowest BCUT2D eigenvalue weighted by Crippen LogP contribution is -2.38. The van der Waals surface area contributed by atoms with E-state index in [4.69, 9.17) is 14.2 Å². The van der Waals surface area contributed by atoms with Gasteiger partial charge in [-0.3, -0.25) is 4.79 Å². The van der Waals surface area contributed by atoms with Crippen molar-refractivity contribution in [1.82, 2.24) is 5.32 Å². The Balaban J connectivity index is 1.30. The third-order valence-electron chi connectivity index (χ3n) is 4.07. The largest absolute Gasteiger partial charge is 0.497 e. The van der Waals surface area contributed by atoms with Gasteiger partial charge in [0, 0.05) is 18.7 Å². The fraction of sp³-hybridized carbons (Fsp3) is 0.350. The van der Waals surface area contributed by atoms with E-state index in [1.807, 2.05) is 48.5 Å². The van der Waals surface area contributed by atoms with E-state index in [1.54, 1.807) is 7.11 Å². The smallest absolute Gasteiger partial charge is 0.224 e. The van der Waals surface area contributed by atoms with Crippen molar-refractivity contribution < 1.29 is 19.0 Å². The van der Waals surface area contributed by atoms with Crippen molar-refractivity contribution in [2.24, 2.45) is 0 Å². The lowest BCUT2D eigenvalue weighted by Gasteiger charge is -2.26. The van der Waals surface area contributed by atoms with Crippen LogP contribution in [0, 0.1) is 0 Å². The molecular formula is C20H24N2O4. The van der Waals surface area contributed by atoms with Gasteiger partial charge in [-0.15, -0.1) is 0 Å². The summed E-state index contributed by atoms with van der Waals surface area (Å²) in [4.78, 5) is 12.0. The summed E-state index contributed by atoms with van der Waals surface area (Å²) < 4.78 is 16.7. The number of hydrogen-bond acceptors (Lipinski definition) is 5. The number of benzene rings is 2. The fourth-order valence-corrected chi connectivity index (χ4v) is 2.70. The minimum atomic E-state index is -0.0157. The van der Waals surface area contributed by atoms with Gasteiger partial charge in [0.05, 0.1) is 7.11 Å². The zero-order chi connectivity index (χ0) is 18.2. The molecule has 6 nitrogen and oxygen atoms in total. The van der Waals surface area contributed by atoms with E-state index in [2.05, 4.69) is 10.6 Å². The number of amides is 1. The van der Waals surface area contributed by atoms with Crippen LogP contribution >= 0.6 is 0 Å². The second-order valence-corrected chi connectivity index (χ2v) is 6.08. The van der Waals surface area contributed by atoms with Gasteiger partial charge < -0.3 is 24.8 Å². The maximum absolute atomic E-state index is 12.0. The molecule has 0 spiro atoms. The van der Waals surface area contributed by atoms with Crippen LogP contribution in [0.15, 0.2) is 48.5 Å². The number of carbonyl (C=O) groups excluding carboxylic acids is 1. The molecule has 0 saturated heterocycles. The maximum atomic E-state index is 12.0. The lowest BCUT2D eigenvalue weighted by atomic mass is 10.2. The first kappa shape index (κ1) is 18.1. The number of para-hydroxylation sites is 2. The third kappa shape index (κ3) is 5.13. The van der Waals surface area contributed by atoms with Crippen molar-refractivity contribution in [2.75, 3.05) is 32.1 Å². The van der Waals surface area contributed by atoms with Crippen LogP contribution in [0.5, 0.6) is 17.2 Å². The van der Waals surface area contributed by atoms with Crippen LogP contribution in [0.2, 0.25) is 0 Å². The summed E-state index contributed by atoms with van der Waals surface area (Å²) >= 11 is 0. The van der Waals surface area contributed by atoms with Gasteiger partial charge >= 0.3 is 0 Å². The van der Waals surface area contributed by atoms with E-state index in [1.165, 1.54) is 0 Å². The van der Waals surface area contributed by atoms with Crippen molar-refractivity contribution in [2.45, 2.75) is 18.9 Å². The minimum absolute atomic E-state index is 0.00291. The molecule has 2 aromatic carbocycles. The van der Waals surface area contributed by atoms with Crippen LogP contribution in [-0.2, 0) is 4.79 Å². The number of nitrogens with one attached hydrogen (secondary N) is 2. The molecule has 1 aliphatic rings. The van der Waals surface area contributed by atoms with E-state index in [0.29, 0.717) is 19.6 Å². The zero-order valence-corrected chi connectivity index (χ0v) is 14.9. The van der Waals surface area contributed by atoms with Crippen molar-refractivity contribution in [3.05, 3.63) is 48.5 Å². The molecule has 26 heavy (non-hydrogen) atoms. The molecule has 2 aromatic rings. The molecule has 1 amide bonds. The summed E-state index contributed by atoms with van der Waals surface area (Å²) in [5.41, 5.74) is 0.773. The standard InChI is InChI=1S/C20H24N2O4/c1-24-16-10-8-15(9-11-16)22-20(23)7-4-12-21-13-17-14-25-18-5-2-3-6-19(18)26-17/h2-3,5-6,8-11,17,21H,4,7,12-14H2,1H3,(H,22,23). The summed E-state index contributed by atoms with van der Waals surface area (Å²) in [7, 11) is 1.61. The van der Waals surface area contributed by atoms with E-state index >= 15 is 0 Å². The summed E-state index contributed by atoms with van der Waals surface area (Å²) in [6.07, 6.45) is 1.20. The molecule has 3 rings (SSSR count). The minimum Gasteiger partial charge on any atom is -0.497 e. The third-order valence-corrected chi connectivity index (χ3v) is 4.07. The number of methoxy groups -OCH3 is 1. The fourth-order valence-electron chi connectivity index (χ4n) is 2.70. The van der Waals surface area contributed by atoms with Gasteiger partial charge in [-0.25, -0.2) is 0 Å². The summed E-state index contributed by atoms with van der Waals surface area (Å²) in [5, 5.41) is 6.20. The first-order chi connectivity index (χ1) is 12.7. The molecule has 0 radical (unpaired) electrons. The number of anilines is 1. The SMILES string of the molecule is COc1ccc(NC(=O)CCCNCC2COc3ccccc3O2)cc1. The first-order valence-corrected chi connectivity index (χ1v) is 8.77. The number of hydrogen-bond donors (Lipinski definition) is 2. The summed E-state index contributed by atoms with van der Waals surface area (Å²) in [6, 6.07) is 15.0. The van der Waals surface area contributed by atoms with Crippen molar-refractivity contribution in [3.8, 4) is 17.2 Å². The average molecular weight is 356 g/mol. The Morgan fingerprint density at radius 2 is 1.92 bits per heavy atom. The monoisotopic (exact) mass is 356 g/mol. The second-order valence-electron chi connectivity index (χ2n) is 6.08. The molecule has 0 saturated carbocycles. The number of carbonyl (C=O) groups is 1. The van der Waals surface area contributed by atoms with Crippen LogP contribution in [0.25, 0.3) is 0 Å². The van der Waals surface area contributed by atoms with Crippen LogP contribution in [0.1, 0.15) is 12.8 Å². The molecule has 1 aliphatic heterocycles. The molecule has 1 heterocycles.